The summed E-state index contributed by atoms with van der Waals surface area (Å²) in [6.07, 6.45) is 2.32. The van der Waals surface area contributed by atoms with Gasteiger partial charge in [-0.3, -0.25) is 4.79 Å². The molecule has 0 radical (unpaired) electrons. The van der Waals surface area contributed by atoms with E-state index >= 15 is 0 Å². The first-order valence-electron chi connectivity index (χ1n) is 8.13. The smallest absolute Gasteiger partial charge is 0.276 e. The lowest BCUT2D eigenvalue weighted by atomic mass is 10.1. The number of sulfonamides is 1. The number of carbonyl (C=O) groups excluding carboxylic acids is 1. The predicted molar refractivity (Wildman–Crippen MR) is 93.6 cm³/mol. The SMILES string of the molecule is Cc1oc(-c2ccccc2)nc1C(=O)N1CCC(NS(C)(=O)=O)CC1. The molecule has 1 N–H and O–H groups in total. The maximum Gasteiger partial charge on any atom is 0.276 e. The Kier molecular flexibility index (Phi) is 4.91. The third-order valence-electron chi connectivity index (χ3n) is 4.18. The number of carbonyl (C=O) groups is 1. The number of likely N-dealkylation sites (tertiary alicyclic amines) is 1. The average Bonchev–Trinajstić information content (AvgIpc) is 2.96. The summed E-state index contributed by atoms with van der Waals surface area (Å²) in [6, 6.07) is 9.30. The van der Waals surface area contributed by atoms with Crippen LogP contribution in [0.5, 0.6) is 0 Å². The molecule has 3 rings (SSSR count). The Morgan fingerprint density at radius 3 is 2.48 bits per heavy atom. The van der Waals surface area contributed by atoms with E-state index in [1.807, 2.05) is 30.3 Å². The number of amides is 1. The van der Waals surface area contributed by atoms with Gasteiger partial charge in [-0.15, -0.1) is 0 Å². The van der Waals surface area contributed by atoms with Crippen molar-refractivity contribution < 1.29 is 17.6 Å². The molecule has 0 atom stereocenters. The van der Waals surface area contributed by atoms with Gasteiger partial charge in [-0.2, -0.15) is 0 Å². The molecule has 1 aliphatic rings. The molecule has 1 aliphatic heterocycles. The van der Waals surface area contributed by atoms with Crippen molar-refractivity contribution in [3.63, 3.8) is 0 Å². The summed E-state index contributed by atoms with van der Waals surface area (Å²) >= 11 is 0. The van der Waals surface area contributed by atoms with Crippen molar-refractivity contribution in [1.29, 1.82) is 0 Å². The largest absolute Gasteiger partial charge is 0.441 e. The Balaban J connectivity index is 1.69. The van der Waals surface area contributed by atoms with E-state index in [-0.39, 0.29) is 11.9 Å². The van der Waals surface area contributed by atoms with Crippen LogP contribution in [-0.4, -0.2) is 49.6 Å². The fourth-order valence-corrected chi connectivity index (χ4v) is 3.79. The van der Waals surface area contributed by atoms with Crippen molar-refractivity contribution >= 4 is 15.9 Å². The van der Waals surface area contributed by atoms with E-state index in [1.165, 1.54) is 0 Å². The number of benzene rings is 1. The molecule has 1 aromatic heterocycles. The van der Waals surface area contributed by atoms with Gasteiger partial charge in [0.05, 0.1) is 6.26 Å². The molecule has 0 aliphatic carbocycles. The van der Waals surface area contributed by atoms with Crippen LogP contribution in [0, 0.1) is 6.92 Å². The molecule has 1 amide bonds. The fraction of sp³-hybridized carbons (Fsp3) is 0.412. The van der Waals surface area contributed by atoms with Crippen molar-refractivity contribution in [2.24, 2.45) is 0 Å². The highest BCUT2D eigenvalue weighted by atomic mass is 32.2. The molecular weight excluding hydrogens is 342 g/mol. The van der Waals surface area contributed by atoms with Crippen molar-refractivity contribution in [3.8, 4) is 11.5 Å². The number of piperidine rings is 1. The Bertz CT molecular complexity index is 853. The summed E-state index contributed by atoms with van der Waals surface area (Å²) < 4.78 is 30.9. The van der Waals surface area contributed by atoms with Crippen LogP contribution >= 0.6 is 0 Å². The molecule has 1 fully saturated rings. The summed E-state index contributed by atoms with van der Waals surface area (Å²) in [5.74, 6) is 0.733. The Hall–Kier alpha value is -2.19. The summed E-state index contributed by atoms with van der Waals surface area (Å²) in [7, 11) is -3.23. The maximum atomic E-state index is 12.7. The first-order chi connectivity index (χ1) is 11.8. The topological polar surface area (TPSA) is 92.5 Å². The van der Waals surface area contributed by atoms with E-state index < -0.39 is 10.0 Å². The van der Waals surface area contributed by atoms with E-state index in [0.29, 0.717) is 43.3 Å². The van der Waals surface area contributed by atoms with Gasteiger partial charge in [-0.1, -0.05) is 18.2 Å². The summed E-state index contributed by atoms with van der Waals surface area (Å²) in [5, 5.41) is 0. The van der Waals surface area contributed by atoms with Gasteiger partial charge in [0.15, 0.2) is 5.69 Å². The van der Waals surface area contributed by atoms with Crippen LogP contribution in [-0.2, 0) is 10.0 Å². The number of oxazole rings is 1. The van der Waals surface area contributed by atoms with Gasteiger partial charge in [0.25, 0.3) is 5.91 Å². The van der Waals surface area contributed by atoms with Crippen molar-refractivity contribution in [2.45, 2.75) is 25.8 Å². The van der Waals surface area contributed by atoms with E-state index in [2.05, 4.69) is 9.71 Å². The van der Waals surface area contributed by atoms with Crippen LogP contribution in [0.25, 0.3) is 11.5 Å². The van der Waals surface area contributed by atoms with E-state index in [1.54, 1.807) is 11.8 Å². The Morgan fingerprint density at radius 1 is 1.24 bits per heavy atom. The zero-order chi connectivity index (χ0) is 18.0. The van der Waals surface area contributed by atoms with Crippen molar-refractivity contribution in [3.05, 3.63) is 41.8 Å². The summed E-state index contributed by atoms with van der Waals surface area (Å²) in [4.78, 5) is 18.8. The molecule has 1 aromatic carbocycles. The first-order valence-corrected chi connectivity index (χ1v) is 10.0. The van der Waals surface area contributed by atoms with Gasteiger partial charge in [-0.05, 0) is 31.9 Å². The standard InChI is InChI=1S/C17H21N3O4S/c1-12-15(18-16(24-12)13-6-4-3-5-7-13)17(21)20-10-8-14(9-11-20)19-25(2,22)23/h3-7,14,19H,8-11H2,1-2H3. The highest BCUT2D eigenvalue weighted by Gasteiger charge is 2.28. The van der Waals surface area contributed by atoms with Crippen molar-refractivity contribution in [1.82, 2.24) is 14.6 Å². The third kappa shape index (κ3) is 4.26. The lowest BCUT2D eigenvalue weighted by Crippen LogP contribution is -2.46. The number of aryl methyl sites for hydroxylation is 1. The zero-order valence-electron chi connectivity index (χ0n) is 14.2. The number of aromatic nitrogens is 1. The minimum Gasteiger partial charge on any atom is -0.441 e. The lowest BCUT2D eigenvalue weighted by molar-refractivity contribution is 0.0704. The second-order valence-electron chi connectivity index (χ2n) is 6.25. The normalized spacial score (nSPS) is 16.2. The minimum absolute atomic E-state index is 0.127. The molecule has 7 nitrogen and oxygen atoms in total. The van der Waals surface area contributed by atoms with E-state index in [4.69, 9.17) is 4.42 Å². The molecule has 0 bridgehead atoms. The summed E-state index contributed by atoms with van der Waals surface area (Å²) in [5.41, 5.74) is 1.13. The van der Waals surface area contributed by atoms with Gasteiger partial charge in [0.1, 0.15) is 5.76 Å². The number of hydrogen-bond donors (Lipinski definition) is 1. The second kappa shape index (κ2) is 6.97. The minimum atomic E-state index is -3.23. The average molecular weight is 363 g/mol. The Labute approximate surface area is 147 Å². The lowest BCUT2D eigenvalue weighted by Gasteiger charge is -2.31. The van der Waals surface area contributed by atoms with Gasteiger partial charge >= 0.3 is 0 Å². The van der Waals surface area contributed by atoms with E-state index in [9.17, 15) is 13.2 Å². The van der Waals surface area contributed by atoms with Crippen LogP contribution in [0.1, 0.15) is 29.1 Å². The number of nitrogens with zero attached hydrogens (tertiary/aromatic N) is 2. The molecule has 2 heterocycles. The molecule has 0 unspecified atom stereocenters. The Morgan fingerprint density at radius 2 is 1.88 bits per heavy atom. The first kappa shape index (κ1) is 17.6. The quantitative estimate of drug-likeness (QED) is 0.894. The molecule has 2 aromatic rings. The van der Waals surface area contributed by atoms with Gasteiger partial charge in [0, 0.05) is 24.7 Å². The molecule has 1 saturated heterocycles. The van der Waals surface area contributed by atoms with Crippen LogP contribution in [0.15, 0.2) is 34.7 Å². The molecule has 0 saturated carbocycles. The van der Waals surface area contributed by atoms with Crippen LogP contribution < -0.4 is 4.72 Å². The van der Waals surface area contributed by atoms with E-state index in [0.717, 1.165) is 11.8 Å². The van der Waals surface area contributed by atoms with Crippen LogP contribution in [0.2, 0.25) is 0 Å². The molecule has 8 heteroatoms. The number of hydrogen-bond acceptors (Lipinski definition) is 5. The molecule has 25 heavy (non-hydrogen) atoms. The highest BCUT2D eigenvalue weighted by molar-refractivity contribution is 7.88. The second-order valence-corrected chi connectivity index (χ2v) is 8.03. The van der Waals surface area contributed by atoms with Gasteiger partial charge in [0.2, 0.25) is 15.9 Å². The summed E-state index contributed by atoms with van der Waals surface area (Å²) in [6.45, 7) is 2.70. The maximum absolute atomic E-state index is 12.7. The molecule has 134 valence electrons. The van der Waals surface area contributed by atoms with Crippen molar-refractivity contribution in [2.75, 3.05) is 19.3 Å². The highest BCUT2D eigenvalue weighted by Crippen LogP contribution is 2.23. The third-order valence-corrected chi connectivity index (χ3v) is 4.94. The monoisotopic (exact) mass is 363 g/mol. The molecular formula is C17H21N3O4S. The van der Waals surface area contributed by atoms with Crippen LogP contribution in [0.3, 0.4) is 0 Å². The zero-order valence-corrected chi connectivity index (χ0v) is 15.0. The van der Waals surface area contributed by atoms with Crippen LogP contribution in [0.4, 0.5) is 0 Å². The fourth-order valence-electron chi connectivity index (χ4n) is 2.95. The number of nitrogens with one attached hydrogen (secondary N) is 1. The van der Waals surface area contributed by atoms with Gasteiger partial charge < -0.3 is 9.32 Å². The van der Waals surface area contributed by atoms with Gasteiger partial charge in [-0.25, -0.2) is 18.1 Å². The predicted octanol–water partition coefficient (Wildman–Crippen LogP) is 1.80. The number of rotatable bonds is 4. The molecule has 0 spiro atoms.